The number of methoxy groups -OCH3 is 1. The summed E-state index contributed by atoms with van der Waals surface area (Å²) >= 11 is 1.86. The summed E-state index contributed by atoms with van der Waals surface area (Å²) in [4.78, 5) is 2.72. The molecule has 1 aliphatic heterocycles. The van der Waals surface area contributed by atoms with Gasteiger partial charge in [-0.1, -0.05) is 43.8 Å². The monoisotopic (exact) mass is 270 g/mol. The highest BCUT2D eigenvalue weighted by Crippen LogP contribution is 2.43. The average Bonchev–Trinajstić information content (AvgIpc) is 2.43. The number of benzene rings is 2. The van der Waals surface area contributed by atoms with Crippen molar-refractivity contribution in [2.45, 2.75) is 36.0 Å². The fraction of sp³-hybridized carbons (Fsp3) is 0.294. The number of hydrogen-bond donors (Lipinski definition) is 0. The largest absolute Gasteiger partial charge is 0.496 e. The molecule has 1 nitrogen and oxygen atoms in total. The van der Waals surface area contributed by atoms with Gasteiger partial charge in [0.15, 0.2) is 0 Å². The molecule has 0 N–H and O–H groups in total. The molecule has 2 aromatic rings. The van der Waals surface area contributed by atoms with E-state index in [9.17, 15) is 0 Å². The van der Waals surface area contributed by atoms with E-state index in [-0.39, 0.29) is 0 Å². The SMILES string of the molecule is COc1cccc2c1Cc1ccc(C(C)C)cc1S2. The minimum absolute atomic E-state index is 0.581. The maximum atomic E-state index is 5.48. The third-order valence-electron chi connectivity index (χ3n) is 3.65. The molecular formula is C17H18OS. The van der Waals surface area contributed by atoms with E-state index in [1.165, 1.54) is 26.5 Å². The van der Waals surface area contributed by atoms with Gasteiger partial charge in [0.25, 0.3) is 0 Å². The van der Waals surface area contributed by atoms with Gasteiger partial charge in [0, 0.05) is 21.8 Å². The number of fused-ring (bicyclic) bond motifs is 2. The standard InChI is InChI=1S/C17H18OS/c1-11(2)12-7-8-13-9-14-15(18-3)5-4-6-16(14)19-17(13)10-12/h4-8,10-11H,9H2,1-3H3. The summed E-state index contributed by atoms with van der Waals surface area (Å²) in [6, 6.07) is 13.2. The van der Waals surface area contributed by atoms with Gasteiger partial charge in [0.1, 0.15) is 5.75 Å². The van der Waals surface area contributed by atoms with Crippen molar-refractivity contribution in [1.82, 2.24) is 0 Å². The number of rotatable bonds is 2. The van der Waals surface area contributed by atoms with Crippen molar-refractivity contribution in [3.8, 4) is 5.75 Å². The number of ether oxygens (including phenoxy) is 1. The second kappa shape index (κ2) is 4.93. The summed E-state index contributed by atoms with van der Waals surface area (Å²) in [5.74, 6) is 1.58. The van der Waals surface area contributed by atoms with Crippen molar-refractivity contribution < 1.29 is 4.74 Å². The molecule has 19 heavy (non-hydrogen) atoms. The van der Waals surface area contributed by atoms with Gasteiger partial charge in [-0.15, -0.1) is 0 Å². The molecule has 2 heteroatoms. The molecule has 0 bridgehead atoms. The van der Waals surface area contributed by atoms with Crippen LogP contribution in [0.5, 0.6) is 5.75 Å². The van der Waals surface area contributed by atoms with Gasteiger partial charge in [-0.25, -0.2) is 0 Å². The Bertz CT molecular complexity index is 617. The second-order valence-corrected chi connectivity index (χ2v) is 6.32. The molecule has 0 fully saturated rings. The molecule has 1 heterocycles. The van der Waals surface area contributed by atoms with Crippen LogP contribution in [0.15, 0.2) is 46.2 Å². The Morgan fingerprint density at radius 3 is 2.68 bits per heavy atom. The van der Waals surface area contributed by atoms with Crippen LogP contribution in [0.2, 0.25) is 0 Å². The molecule has 3 rings (SSSR count). The lowest BCUT2D eigenvalue weighted by Gasteiger charge is -2.22. The van der Waals surface area contributed by atoms with E-state index in [2.05, 4.69) is 44.2 Å². The maximum absolute atomic E-state index is 5.48. The Morgan fingerprint density at radius 1 is 1.11 bits per heavy atom. The van der Waals surface area contributed by atoms with Gasteiger partial charge in [0.2, 0.25) is 0 Å². The Hall–Kier alpha value is -1.41. The predicted octanol–water partition coefficient (Wildman–Crippen LogP) is 4.87. The van der Waals surface area contributed by atoms with Crippen molar-refractivity contribution in [3.05, 3.63) is 53.1 Å². The highest BCUT2D eigenvalue weighted by atomic mass is 32.2. The minimum Gasteiger partial charge on any atom is -0.496 e. The van der Waals surface area contributed by atoms with Gasteiger partial charge >= 0.3 is 0 Å². The Kier molecular flexibility index (Phi) is 3.28. The summed E-state index contributed by atoms with van der Waals surface area (Å²) in [6.45, 7) is 4.48. The summed E-state index contributed by atoms with van der Waals surface area (Å²) in [5.41, 5.74) is 4.14. The molecule has 0 spiro atoms. The third-order valence-corrected chi connectivity index (χ3v) is 4.86. The van der Waals surface area contributed by atoms with Gasteiger partial charge in [-0.3, -0.25) is 0 Å². The second-order valence-electron chi connectivity index (χ2n) is 5.24. The quantitative estimate of drug-likeness (QED) is 0.656. The van der Waals surface area contributed by atoms with Crippen LogP contribution in [0, 0.1) is 0 Å². The zero-order valence-corrected chi connectivity index (χ0v) is 12.4. The van der Waals surface area contributed by atoms with E-state index >= 15 is 0 Å². The maximum Gasteiger partial charge on any atom is 0.123 e. The molecule has 0 aromatic heterocycles. The smallest absolute Gasteiger partial charge is 0.123 e. The molecule has 2 aromatic carbocycles. The van der Waals surface area contributed by atoms with Crippen LogP contribution in [0.4, 0.5) is 0 Å². The molecule has 98 valence electrons. The Morgan fingerprint density at radius 2 is 1.95 bits per heavy atom. The van der Waals surface area contributed by atoms with Crippen molar-refractivity contribution in [1.29, 1.82) is 0 Å². The highest BCUT2D eigenvalue weighted by molar-refractivity contribution is 7.99. The van der Waals surface area contributed by atoms with Crippen molar-refractivity contribution in [2.24, 2.45) is 0 Å². The van der Waals surface area contributed by atoms with Gasteiger partial charge < -0.3 is 4.74 Å². The van der Waals surface area contributed by atoms with Gasteiger partial charge in [-0.2, -0.15) is 0 Å². The lowest BCUT2D eigenvalue weighted by atomic mass is 9.98. The predicted molar refractivity (Wildman–Crippen MR) is 80.5 cm³/mol. The van der Waals surface area contributed by atoms with Crippen LogP contribution in [0.1, 0.15) is 36.5 Å². The van der Waals surface area contributed by atoms with Crippen molar-refractivity contribution in [2.75, 3.05) is 7.11 Å². The molecule has 0 amide bonds. The molecule has 0 aliphatic carbocycles. The lowest BCUT2D eigenvalue weighted by molar-refractivity contribution is 0.408. The topological polar surface area (TPSA) is 9.23 Å². The summed E-state index contributed by atoms with van der Waals surface area (Å²) in [7, 11) is 1.75. The van der Waals surface area contributed by atoms with E-state index in [0.717, 1.165) is 12.2 Å². The number of hydrogen-bond acceptors (Lipinski definition) is 2. The van der Waals surface area contributed by atoms with Crippen molar-refractivity contribution in [3.63, 3.8) is 0 Å². The summed E-state index contributed by atoms with van der Waals surface area (Å²) < 4.78 is 5.48. The molecule has 0 atom stereocenters. The Balaban J connectivity index is 2.04. The first kappa shape index (κ1) is 12.6. The van der Waals surface area contributed by atoms with Crippen molar-refractivity contribution >= 4 is 11.8 Å². The van der Waals surface area contributed by atoms with E-state index in [0.29, 0.717) is 5.92 Å². The van der Waals surface area contributed by atoms with Gasteiger partial charge in [-0.05, 0) is 35.2 Å². The van der Waals surface area contributed by atoms with Crippen LogP contribution in [-0.2, 0) is 6.42 Å². The van der Waals surface area contributed by atoms with Crippen LogP contribution >= 0.6 is 11.8 Å². The van der Waals surface area contributed by atoms with Gasteiger partial charge in [0.05, 0.1) is 7.11 Å². The van der Waals surface area contributed by atoms with E-state index in [1.54, 1.807) is 7.11 Å². The first-order chi connectivity index (χ1) is 9.19. The van der Waals surface area contributed by atoms with Crippen LogP contribution in [-0.4, -0.2) is 7.11 Å². The zero-order chi connectivity index (χ0) is 13.4. The molecule has 0 unspecified atom stereocenters. The highest BCUT2D eigenvalue weighted by Gasteiger charge is 2.19. The van der Waals surface area contributed by atoms with E-state index in [4.69, 9.17) is 4.74 Å². The first-order valence-electron chi connectivity index (χ1n) is 6.65. The normalized spacial score (nSPS) is 13.1. The molecular weight excluding hydrogens is 252 g/mol. The summed E-state index contributed by atoms with van der Waals surface area (Å²) in [6.07, 6.45) is 0.972. The lowest BCUT2D eigenvalue weighted by Crippen LogP contribution is -2.03. The molecule has 1 aliphatic rings. The molecule has 0 saturated heterocycles. The third kappa shape index (κ3) is 2.25. The summed E-state index contributed by atoms with van der Waals surface area (Å²) in [5, 5.41) is 0. The Labute approximate surface area is 119 Å². The van der Waals surface area contributed by atoms with E-state index < -0.39 is 0 Å². The fourth-order valence-electron chi connectivity index (χ4n) is 2.49. The fourth-order valence-corrected chi connectivity index (χ4v) is 3.63. The van der Waals surface area contributed by atoms with Crippen LogP contribution < -0.4 is 4.74 Å². The van der Waals surface area contributed by atoms with Crippen LogP contribution in [0.3, 0.4) is 0 Å². The average molecular weight is 270 g/mol. The zero-order valence-electron chi connectivity index (χ0n) is 11.6. The first-order valence-corrected chi connectivity index (χ1v) is 7.47. The molecule has 0 saturated carbocycles. The van der Waals surface area contributed by atoms with E-state index in [1.807, 2.05) is 17.8 Å². The minimum atomic E-state index is 0.581. The van der Waals surface area contributed by atoms with Crippen LogP contribution in [0.25, 0.3) is 0 Å². The molecule has 0 radical (unpaired) electrons.